The molecule has 0 aromatic carbocycles. The van der Waals surface area contributed by atoms with Gasteiger partial charge < -0.3 is 0 Å². The average Bonchev–Trinajstić information content (AvgIpc) is 3.13. The number of rotatable bonds is 5. The lowest BCUT2D eigenvalue weighted by Crippen LogP contribution is -2.03. The molecule has 120 valence electrons. The van der Waals surface area contributed by atoms with Crippen molar-refractivity contribution in [1.82, 2.24) is 29.3 Å². The fraction of sp³-hybridized carbons (Fsp3) is 0.438. The SMILES string of the molecule is CC(C)Cc1nc(-c2snnc2C(C)C)n(-c2ccccn2)n1. The minimum atomic E-state index is 0.284. The minimum Gasteiger partial charge on any atom is -0.237 e. The zero-order valence-corrected chi connectivity index (χ0v) is 14.6. The second-order valence-corrected chi connectivity index (χ2v) is 6.95. The smallest absolute Gasteiger partial charge is 0.178 e. The fourth-order valence-electron chi connectivity index (χ4n) is 2.32. The maximum absolute atomic E-state index is 4.75. The summed E-state index contributed by atoms with van der Waals surface area (Å²) >= 11 is 1.36. The van der Waals surface area contributed by atoms with Gasteiger partial charge in [0.2, 0.25) is 0 Å². The standard InChI is InChI=1S/C16H20N6S/c1-10(2)9-12-18-16(15-14(11(3)4)19-21-23-15)22(20-12)13-7-5-6-8-17-13/h5-8,10-11H,9H2,1-4H3. The van der Waals surface area contributed by atoms with Crippen LogP contribution in [0.5, 0.6) is 0 Å². The Morgan fingerprint density at radius 3 is 2.65 bits per heavy atom. The summed E-state index contributed by atoms with van der Waals surface area (Å²) in [5.74, 6) is 3.13. The Morgan fingerprint density at radius 2 is 2.00 bits per heavy atom. The third-order valence-electron chi connectivity index (χ3n) is 3.37. The Balaban J connectivity index is 2.14. The van der Waals surface area contributed by atoms with Crippen molar-refractivity contribution in [2.75, 3.05) is 0 Å². The first-order chi connectivity index (χ1) is 11.1. The number of hydrogen-bond donors (Lipinski definition) is 0. The summed E-state index contributed by atoms with van der Waals surface area (Å²) in [6.07, 6.45) is 2.59. The lowest BCUT2D eigenvalue weighted by atomic mass is 10.1. The van der Waals surface area contributed by atoms with Crippen molar-refractivity contribution >= 4 is 11.5 Å². The van der Waals surface area contributed by atoms with E-state index in [0.29, 0.717) is 5.92 Å². The molecule has 0 amide bonds. The number of hydrogen-bond acceptors (Lipinski definition) is 6. The summed E-state index contributed by atoms with van der Waals surface area (Å²) in [6, 6.07) is 5.77. The van der Waals surface area contributed by atoms with E-state index in [1.165, 1.54) is 11.5 Å². The van der Waals surface area contributed by atoms with Crippen LogP contribution in [0.4, 0.5) is 0 Å². The van der Waals surface area contributed by atoms with Crippen LogP contribution in [-0.4, -0.2) is 29.3 Å². The molecule has 3 heterocycles. The second-order valence-electron chi connectivity index (χ2n) is 6.19. The van der Waals surface area contributed by atoms with E-state index < -0.39 is 0 Å². The van der Waals surface area contributed by atoms with Crippen LogP contribution < -0.4 is 0 Å². The quantitative estimate of drug-likeness (QED) is 0.717. The Labute approximate surface area is 139 Å². The van der Waals surface area contributed by atoms with Crippen molar-refractivity contribution < 1.29 is 0 Å². The summed E-state index contributed by atoms with van der Waals surface area (Å²) in [4.78, 5) is 10.1. The molecule has 3 aromatic rings. The largest absolute Gasteiger partial charge is 0.237 e. The van der Waals surface area contributed by atoms with E-state index in [0.717, 1.165) is 34.5 Å². The molecule has 3 aromatic heterocycles. The molecule has 0 N–H and O–H groups in total. The lowest BCUT2D eigenvalue weighted by molar-refractivity contribution is 0.618. The molecular weight excluding hydrogens is 308 g/mol. The van der Waals surface area contributed by atoms with Crippen LogP contribution in [0, 0.1) is 5.92 Å². The molecule has 0 atom stereocenters. The molecule has 6 nitrogen and oxygen atoms in total. The number of pyridine rings is 1. The van der Waals surface area contributed by atoms with E-state index in [2.05, 4.69) is 47.4 Å². The maximum atomic E-state index is 4.75. The zero-order valence-electron chi connectivity index (χ0n) is 13.8. The molecule has 0 spiro atoms. The van der Waals surface area contributed by atoms with E-state index >= 15 is 0 Å². The van der Waals surface area contributed by atoms with Crippen molar-refractivity contribution in [3.63, 3.8) is 0 Å². The lowest BCUT2D eigenvalue weighted by Gasteiger charge is -2.05. The molecule has 3 rings (SSSR count). The van der Waals surface area contributed by atoms with Gasteiger partial charge in [-0.15, -0.1) is 10.2 Å². The highest BCUT2D eigenvalue weighted by Crippen LogP contribution is 2.30. The monoisotopic (exact) mass is 328 g/mol. The van der Waals surface area contributed by atoms with Crippen LogP contribution in [0.1, 0.15) is 45.1 Å². The molecule has 0 aliphatic rings. The van der Waals surface area contributed by atoms with Crippen molar-refractivity contribution in [1.29, 1.82) is 0 Å². The predicted molar refractivity (Wildman–Crippen MR) is 90.7 cm³/mol. The van der Waals surface area contributed by atoms with Crippen molar-refractivity contribution in [2.45, 2.75) is 40.0 Å². The average molecular weight is 328 g/mol. The van der Waals surface area contributed by atoms with E-state index in [1.807, 2.05) is 18.2 Å². The van der Waals surface area contributed by atoms with Crippen LogP contribution >= 0.6 is 11.5 Å². The van der Waals surface area contributed by atoms with Gasteiger partial charge in [-0.3, -0.25) is 0 Å². The Bertz CT molecular complexity index is 775. The van der Waals surface area contributed by atoms with Crippen LogP contribution in [0.3, 0.4) is 0 Å². The van der Waals surface area contributed by atoms with Gasteiger partial charge in [0.1, 0.15) is 4.88 Å². The van der Waals surface area contributed by atoms with Crippen molar-refractivity contribution in [2.24, 2.45) is 5.92 Å². The van der Waals surface area contributed by atoms with Gasteiger partial charge in [-0.2, -0.15) is 4.68 Å². The predicted octanol–water partition coefficient (Wildman–Crippen LogP) is 3.50. The summed E-state index contributed by atoms with van der Waals surface area (Å²) in [5.41, 5.74) is 0.954. The summed E-state index contributed by atoms with van der Waals surface area (Å²) in [5, 5.41) is 8.94. The Morgan fingerprint density at radius 1 is 1.17 bits per heavy atom. The second kappa shape index (κ2) is 6.54. The van der Waals surface area contributed by atoms with Crippen LogP contribution in [-0.2, 0) is 6.42 Å². The summed E-state index contributed by atoms with van der Waals surface area (Å²) < 4.78 is 5.92. The zero-order chi connectivity index (χ0) is 16.4. The maximum Gasteiger partial charge on any atom is 0.178 e. The molecular formula is C16H20N6S. The van der Waals surface area contributed by atoms with Gasteiger partial charge in [-0.25, -0.2) is 9.97 Å². The van der Waals surface area contributed by atoms with Gasteiger partial charge in [0.15, 0.2) is 17.5 Å². The van der Waals surface area contributed by atoms with Crippen molar-refractivity contribution in [3.05, 3.63) is 35.9 Å². The topological polar surface area (TPSA) is 69.4 Å². The Hall–Kier alpha value is -2.15. The third-order valence-corrected chi connectivity index (χ3v) is 4.11. The summed E-state index contributed by atoms with van der Waals surface area (Å²) in [6.45, 7) is 8.54. The molecule has 0 aliphatic carbocycles. The Kier molecular flexibility index (Phi) is 4.47. The first-order valence-electron chi connectivity index (χ1n) is 7.76. The highest BCUT2D eigenvalue weighted by atomic mass is 32.1. The van der Waals surface area contributed by atoms with E-state index in [-0.39, 0.29) is 5.92 Å². The van der Waals surface area contributed by atoms with Crippen LogP contribution in [0.25, 0.3) is 16.5 Å². The molecule has 0 aliphatic heterocycles. The first-order valence-corrected chi connectivity index (χ1v) is 8.53. The van der Waals surface area contributed by atoms with Crippen LogP contribution in [0.15, 0.2) is 24.4 Å². The molecule has 0 bridgehead atoms. The third kappa shape index (κ3) is 3.29. The van der Waals surface area contributed by atoms with Crippen molar-refractivity contribution in [3.8, 4) is 16.5 Å². The van der Waals surface area contributed by atoms with E-state index in [4.69, 9.17) is 4.98 Å². The van der Waals surface area contributed by atoms with Gasteiger partial charge in [-0.05, 0) is 35.5 Å². The molecule has 0 fully saturated rings. The van der Waals surface area contributed by atoms with Gasteiger partial charge in [0.25, 0.3) is 0 Å². The molecule has 0 saturated carbocycles. The van der Waals surface area contributed by atoms with Gasteiger partial charge in [0.05, 0.1) is 5.69 Å². The number of aromatic nitrogens is 6. The molecule has 23 heavy (non-hydrogen) atoms. The first kappa shape index (κ1) is 15.7. The number of nitrogens with zero attached hydrogens (tertiary/aromatic N) is 6. The molecule has 0 unspecified atom stereocenters. The van der Waals surface area contributed by atoms with E-state index in [1.54, 1.807) is 10.9 Å². The van der Waals surface area contributed by atoms with Gasteiger partial charge in [-0.1, -0.05) is 38.2 Å². The van der Waals surface area contributed by atoms with Crippen LogP contribution in [0.2, 0.25) is 0 Å². The minimum absolute atomic E-state index is 0.284. The summed E-state index contributed by atoms with van der Waals surface area (Å²) in [7, 11) is 0. The highest BCUT2D eigenvalue weighted by molar-refractivity contribution is 7.09. The fourth-order valence-corrected chi connectivity index (χ4v) is 3.12. The van der Waals surface area contributed by atoms with Gasteiger partial charge >= 0.3 is 0 Å². The molecule has 0 saturated heterocycles. The molecule has 7 heteroatoms. The van der Waals surface area contributed by atoms with Gasteiger partial charge in [0, 0.05) is 12.6 Å². The highest BCUT2D eigenvalue weighted by Gasteiger charge is 2.22. The normalized spacial score (nSPS) is 11.6. The van der Waals surface area contributed by atoms with E-state index in [9.17, 15) is 0 Å². The molecule has 0 radical (unpaired) electrons.